The molecule has 18 heavy (non-hydrogen) atoms. The van der Waals surface area contributed by atoms with Gasteiger partial charge in [-0.25, -0.2) is 13.1 Å². The fourth-order valence-electron chi connectivity index (χ4n) is 2.30. The Hall–Kier alpha value is -0.920. The van der Waals surface area contributed by atoms with Crippen LogP contribution in [0.1, 0.15) is 31.9 Å². The first-order valence-electron chi connectivity index (χ1n) is 6.25. The second kappa shape index (κ2) is 5.38. The Bertz CT molecular complexity index is 497. The average molecular weight is 272 g/mol. The van der Waals surface area contributed by atoms with Gasteiger partial charge in [-0.05, 0) is 26.7 Å². The summed E-state index contributed by atoms with van der Waals surface area (Å²) in [6.07, 6.45) is 4.65. The Morgan fingerprint density at radius 3 is 2.89 bits per heavy atom. The topological polar surface area (TPSA) is 86.9 Å². The highest BCUT2D eigenvalue weighted by Gasteiger charge is 2.22. The molecule has 0 spiro atoms. The van der Waals surface area contributed by atoms with E-state index in [0.717, 1.165) is 19.3 Å². The van der Waals surface area contributed by atoms with Crippen molar-refractivity contribution in [1.82, 2.24) is 20.2 Å². The van der Waals surface area contributed by atoms with E-state index in [1.165, 1.54) is 6.20 Å². The molecule has 0 saturated carbocycles. The lowest BCUT2D eigenvalue weighted by Crippen LogP contribution is -2.47. The molecular weight excluding hydrogens is 252 g/mol. The van der Waals surface area contributed by atoms with Gasteiger partial charge in [-0.1, -0.05) is 6.42 Å². The number of piperidine rings is 1. The van der Waals surface area contributed by atoms with Crippen molar-refractivity contribution >= 4 is 10.0 Å². The van der Waals surface area contributed by atoms with Gasteiger partial charge >= 0.3 is 0 Å². The summed E-state index contributed by atoms with van der Waals surface area (Å²) in [7, 11) is -3.45. The van der Waals surface area contributed by atoms with E-state index < -0.39 is 10.0 Å². The van der Waals surface area contributed by atoms with Crippen LogP contribution in [0, 0.1) is 6.92 Å². The van der Waals surface area contributed by atoms with E-state index in [4.69, 9.17) is 0 Å². The molecule has 1 aliphatic rings. The molecular formula is C11H20N4O2S. The van der Waals surface area contributed by atoms with Crippen LogP contribution in [-0.4, -0.2) is 37.2 Å². The molecule has 2 unspecified atom stereocenters. The van der Waals surface area contributed by atoms with Gasteiger partial charge in [0.15, 0.2) is 0 Å². The van der Waals surface area contributed by atoms with Crippen LogP contribution in [0.15, 0.2) is 11.1 Å². The van der Waals surface area contributed by atoms with Crippen molar-refractivity contribution < 1.29 is 8.42 Å². The monoisotopic (exact) mass is 272 g/mol. The number of sulfonamides is 1. The van der Waals surface area contributed by atoms with Crippen molar-refractivity contribution in [1.29, 1.82) is 0 Å². The first-order valence-corrected chi connectivity index (χ1v) is 7.73. The van der Waals surface area contributed by atoms with Crippen molar-refractivity contribution in [3.63, 3.8) is 0 Å². The van der Waals surface area contributed by atoms with Gasteiger partial charge in [0.1, 0.15) is 4.90 Å². The zero-order chi connectivity index (χ0) is 13.2. The van der Waals surface area contributed by atoms with Crippen LogP contribution in [0.4, 0.5) is 0 Å². The third-order valence-electron chi connectivity index (χ3n) is 3.30. The minimum Gasteiger partial charge on any atom is -0.310 e. The number of nitrogens with zero attached hydrogens (tertiary/aromatic N) is 1. The van der Waals surface area contributed by atoms with Crippen LogP contribution in [0.2, 0.25) is 0 Å². The van der Waals surface area contributed by atoms with Crippen LogP contribution < -0.4 is 10.0 Å². The molecule has 2 heterocycles. The highest BCUT2D eigenvalue weighted by molar-refractivity contribution is 7.89. The molecule has 0 amide bonds. The van der Waals surface area contributed by atoms with Gasteiger partial charge in [-0.2, -0.15) is 5.10 Å². The van der Waals surface area contributed by atoms with E-state index in [-0.39, 0.29) is 10.9 Å². The molecule has 7 heteroatoms. The molecule has 0 aromatic carbocycles. The molecule has 1 aromatic heterocycles. The number of H-pyrrole nitrogens is 1. The summed E-state index contributed by atoms with van der Waals surface area (Å²) >= 11 is 0. The zero-order valence-electron chi connectivity index (χ0n) is 10.7. The van der Waals surface area contributed by atoms with Crippen LogP contribution in [0.5, 0.6) is 0 Å². The molecule has 1 aromatic rings. The maximum atomic E-state index is 12.0. The smallest absolute Gasteiger partial charge is 0.244 e. The quantitative estimate of drug-likeness (QED) is 0.746. The minimum atomic E-state index is -3.45. The highest BCUT2D eigenvalue weighted by Crippen LogP contribution is 2.14. The van der Waals surface area contributed by atoms with Crippen LogP contribution in [-0.2, 0) is 10.0 Å². The Morgan fingerprint density at radius 1 is 1.50 bits per heavy atom. The number of aromatic amines is 1. The van der Waals surface area contributed by atoms with Gasteiger partial charge in [0.2, 0.25) is 10.0 Å². The lowest BCUT2D eigenvalue weighted by Gasteiger charge is -2.28. The van der Waals surface area contributed by atoms with Crippen molar-refractivity contribution in [2.75, 3.05) is 6.54 Å². The van der Waals surface area contributed by atoms with E-state index in [2.05, 4.69) is 27.2 Å². The van der Waals surface area contributed by atoms with Crippen LogP contribution in [0.3, 0.4) is 0 Å². The number of aromatic nitrogens is 2. The van der Waals surface area contributed by atoms with Gasteiger partial charge in [-0.15, -0.1) is 0 Å². The Labute approximate surface area is 108 Å². The molecule has 1 fully saturated rings. The lowest BCUT2D eigenvalue weighted by atomic mass is 10.00. The van der Waals surface area contributed by atoms with Crippen molar-refractivity contribution in [3.05, 3.63) is 11.9 Å². The van der Waals surface area contributed by atoms with E-state index >= 15 is 0 Å². The fourth-order valence-corrected chi connectivity index (χ4v) is 3.52. The number of nitrogens with one attached hydrogen (secondary N) is 3. The van der Waals surface area contributed by atoms with Crippen LogP contribution >= 0.6 is 0 Å². The maximum absolute atomic E-state index is 12.0. The molecule has 0 bridgehead atoms. The van der Waals surface area contributed by atoms with Crippen molar-refractivity contribution in [2.45, 2.75) is 50.1 Å². The number of aryl methyl sites for hydroxylation is 1. The molecule has 1 saturated heterocycles. The Kier molecular flexibility index (Phi) is 4.04. The normalized spacial score (nSPS) is 25.2. The van der Waals surface area contributed by atoms with E-state index in [0.29, 0.717) is 18.3 Å². The predicted molar refractivity (Wildman–Crippen MR) is 68.7 cm³/mol. The average Bonchev–Trinajstić information content (AvgIpc) is 2.74. The maximum Gasteiger partial charge on any atom is 0.244 e. The number of hydrogen-bond donors (Lipinski definition) is 3. The molecule has 3 N–H and O–H groups in total. The molecule has 0 radical (unpaired) electrons. The summed E-state index contributed by atoms with van der Waals surface area (Å²) in [6.45, 7) is 4.25. The highest BCUT2D eigenvalue weighted by atomic mass is 32.2. The molecule has 2 rings (SSSR count). The number of hydrogen-bond acceptors (Lipinski definition) is 4. The SMILES string of the molecule is Cc1[nH]ncc1S(=O)(=O)NCC1CCCC(C)N1. The van der Waals surface area contributed by atoms with Crippen molar-refractivity contribution in [3.8, 4) is 0 Å². The first-order chi connectivity index (χ1) is 8.49. The largest absolute Gasteiger partial charge is 0.310 e. The van der Waals surface area contributed by atoms with Gasteiger partial charge < -0.3 is 5.32 Å². The van der Waals surface area contributed by atoms with E-state index in [9.17, 15) is 8.42 Å². The van der Waals surface area contributed by atoms with Gasteiger partial charge in [0.25, 0.3) is 0 Å². The van der Waals surface area contributed by atoms with E-state index in [1.807, 2.05) is 0 Å². The molecule has 0 aliphatic carbocycles. The summed E-state index contributed by atoms with van der Waals surface area (Å²) in [6, 6.07) is 0.680. The van der Waals surface area contributed by atoms with E-state index in [1.54, 1.807) is 6.92 Å². The van der Waals surface area contributed by atoms with Gasteiger partial charge in [-0.3, -0.25) is 5.10 Å². The molecule has 2 atom stereocenters. The third-order valence-corrected chi connectivity index (χ3v) is 4.84. The second-order valence-corrected chi connectivity index (χ2v) is 6.64. The second-order valence-electron chi connectivity index (χ2n) is 4.91. The Balaban J connectivity index is 1.95. The number of rotatable bonds is 4. The third kappa shape index (κ3) is 3.09. The van der Waals surface area contributed by atoms with Crippen LogP contribution in [0.25, 0.3) is 0 Å². The van der Waals surface area contributed by atoms with Gasteiger partial charge in [0, 0.05) is 18.6 Å². The summed E-state index contributed by atoms with van der Waals surface area (Å²) < 4.78 is 26.7. The molecule has 6 nitrogen and oxygen atoms in total. The zero-order valence-corrected chi connectivity index (χ0v) is 11.5. The molecule has 1 aliphatic heterocycles. The lowest BCUT2D eigenvalue weighted by molar-refractivity contribution is 0.334. The summed E-state index contributed by atoms with van der Waals surface area (Å²) in [5, 5.41) is 9.77. The fraction of sp³-hybridized carbons (Fsp3) is 0.727. The Morgan fingerprint density at radius 2 is 2.28 bits per heavy atom. The summed E-state index contributed by atoms with van der Waals surface area (Å²) in [5.74, 6) is 0. The van der Waals surface area contributed by atoms with Crippen molar-refractivity contribution in [2.24, 2.45) is 0 Å². The predicted octanol–water partition coefficient (Wildman–Crippen LogP) is 0.527. The summed E-state index contributed by atoms with van der Waals surface area (Å²) in [4.78, 5) is 0.228. The standard InChI is InChI=1S/C11H20N4O2S/c1-8-4-3-5-10(14-8)6-13-18(16,17)11-7-12-15-9(11)2/h7-8,10,13-14H,3-6H2,1-2H3,(H,12,15). The first kappa shape index (κ1) is 13.5. The minimum absolute atomic E-state index is 0.218. The summed E-state index contributed by atoms with van der Waals surface area (Å²) in [5.41, 5.74) is 0.562. The van der Waals surface area contributed by atoms with Gasteiger partial charge in [0.05, 0.1) is 11.9 Å². The molecule has 102 valence electrons.